The molecule has 3 aliphatic rings. The van der Waals surface area contributed by atoms with Gasteiger partial charge in [-0.05, 0) is 61.8 Å². The Balaban J connectivity index is 1.78. The fraction of sp³-hybridized carbons (Fsp3) is 0.944. The van der Waals surface area contributed by atoms with E-state index in [2.05, 4.69) is 38.3 Å². The van der Waals surface area contributed by atoms with Gasteiger partial charge in [-0.3, -0.25) is 4.79 Å². The fourth-order valence-electron chi connectivity index (χ4n) is 5.69. The summed E-state index contributed by atoms with van der Waals surface area (Å²) in [5.74, 6) is 1.06. The number of hydrogen-bond donors (Lipinski definition) is 2. The van der Waals surface area contributed by atoms with E-state index in [9.17, 15) is 4.79 Å². The minimum absolute atomic E-state index is 0.245. The Bertz CT molecular complexity index is 420. The molecule has 3 fully saturated rings. The maximum absolute atomic E-state index is 13.0. The van der Waals surface area contributed by atoms with Crippen molar-refractivity contribution < 1.29 is 4.79 Å². The number of rotatable bonds is 4. The molecule has 2 bridgehead atoms. The van der Waals surface area contributed by atoms with Gasteiger partial charge in [0.15, 0.2) is 0 Å². The molecule has 2 N–H and O–H groups in total. The Labute approximate surface area is 129 Å². The molecule has 0 aromatic heterocycles. The first-order valence-electron chi connectivity index (χ1n) is 8.90. The van der Waals surface area contributed by atoms with E-state index < -0.39 is 0 Å². The predicted molar refractivity (Wildman–Crippen MR) is 86.0 cm³/mol. The third-order valence-corrected chi connectivity index (χ3v) is 6.90. The predicted octanol–water partition coefficient (Wildman–Crippen LogP) is 3.24. The summed E-state index contributed by atoms with van der Waals surface area (Å²) < 4.78 is 0. The van der Waals surface area contributed by atoms with Gasteiger partial charge in [-0.1, -0.05) is 34.1 Å². The van der Waals surface area contributed by atoms with Gasteiger partial charge in [0.1, 0.15) is 0 Å². The topological polar surface area (TPSA) is 41.1 Å². The highest BCUT2D eigenvalue weighted by atomic mass is 16.2. The maximum Gasteiger partial charge on any atom is 0.240 e. The maximum atomic E-state index is 13.0. The first-order chi connectivity index (χ1) is 9.84. The molecule has 1 saturated heterocycles. The SMILES string of the molecule is CCCC1(C(=O)NC2C3(C)CCC(C3)C2(C)C)CCCN1. The van der Waals surface area contributed by atoms with Gasteiger partial charge in [0.25, 0.3) is 0 Å². The zero-order valence-electron chi connectivity index (χ0n) is 14.2. The van der Waals surface area contributed by atoms with E-state index in [4.69, 9.17) is 0 Å². The van der Waals surface area contributed by atoms with Crippen LogP contribution in [0.1, 0.15) is 72.6 Å². The largest absolute Gasteiger partial charge is 0.351 e. The fourth-order valence-corrected chi connectivity index (χ4v) is 5.69. The highest BCUT2D eigenvalue weighted by molar-refractivity contribution is 5.87. The molecule has 0 radical (unpaired) electrons. The summed E-state index contributed by atoms with van der Waals surface area (Å²) in [6.45, 7) is 10.3. The Morgan fingerprint density at radius 3 is 2.57 bits per heavy atom. The molecular weight excluding hydrogens is 260 g/mol. The molecular formula is C18H32N2O. The summed E-state index contributed by atoms with van der Waals surface area (Å²) in [5.41, 5.74) is 0.271. The van der Waals surface area contributed by atoms with Crippen LogP contribution >= 0.6 is 0 Å². The van der Waals surface area contributed by atoms with Crippen molar-refractivity contribution in [2.75, 3.05) is 6.54 Å². The van der Waals surface area contributed by atoms with E-state index in [-0.39, 0.29) is 16.9 Å². The molecule has 3 rings (SSSR count). The van der Waals surface area contributed by atoms with E-state index in [1.165, 1.54) is 19.3 Å². The van der Waals surface area contributed by atoms with Crippen LogP contribution in [0.25, 0.3) is 0 Å². The van der Waals surface area contributed by atoms with Crippen molar-refractivity contribution in [3.8, 4) is 0 Å². The molecule has 0 aromatic rings. The van der Waals surface area contributed by atoms with Crippen LogP contribution in [-0.2, 0) is 4.79 Å². The summed E-state index contributed by atoms with van der Waals surface area (Å²) in [6, 6.07) is 0.340. The molecule has 120 valence electrons. The van der Waals surface area contributed by atoms with E-state index in [1.54, 1.807) is 0 Å². The lowest BCUT2D eigenvalue weighted by Gasteiger charge is -2.44. The van der Waals surface area contributed by atoms with Crippen LogP contribution in [0, 0.1) is 16.7 Å². The van der Waals surface area contributed by atoms with Crippen molar-refractivity contribution in [2.45, 2.75) is 84.2 Å². The van der Waals surface area contributed by atoms with Crippen molar-refractivity contribution >= 4 is 5.91 Å². The minimum atomic E-state index is -0.289. The van der Waals surface area contributed by atoms with Crippen molar-refractivity contribution in [3.05, 3.63) is 0 Å². The van der Waals surface area contributed by atoms with Crippen LogP contribution in [0.15, 0.2) is 0 Å². The van der Waals surface area contributed by atoms with Gasteiger partial charge < -0.3 is 10.6 Å². The molecule has 2 aliphatic carbocycles. The summed E-state index contributed by atoms with van der Waals surface area (Å²) in [7, 11) is 0. The van der Waals surface area contributed by atoms with Gasteiger partial charge >= 0.3 is 0 Å². The van der Waals surface area contributed by atoms with Crippen molar-refractivity contribution in [3.63, 3.8) is 0 Å². The Hall–Kier alpha value is -0.570. The minimum Gasteiger partial charge on any atom is -0.351 e. The van der Waals surface area contributed by atoms with Crippen LogP contribution < -0.4 is 10.6 Å². The number of hydrogen-bond acceptors (Lipinski definition) is 2. The third-order valence-electron chi connectivity index (χ3n) is 6.90. The Morgan fingerprint density at radius 2 is 2.05 bits per heavy atom. The zero-order chi connectivity index (χ0) is 15.3. The van der Waals surface area contributed by atoms with E-state index >= 15 is 0 Å². The van der Waals surface area contributed by atoms with Crippen molar-refractivity contribution in [2.24, 2.45) is 16.7 Å². The molecule has 4 unspecified atom stereocenters. The summed E-state index contributed by atoms with van der Waals surface area (Å²) in [5, 5.41) is 7.02. The Morgan fingerprint density at radius 1 is 1.29 bits per heavy atom. The van der Waals surface area contributed by atoms with Crippen LogP contribution in [0.3, 0.4) is 0 Å². The average molecular weight is 292 g/mol. The lowest BCUT2D eigenvalue weighted by Crippen LogP contribution is -2.60. The summed E-state index contributed by atoms with van der Waals surface area (Å²) >= 11 is 0. The highest BCUT2D eigenvalue weighted by Crippen LogP contribution is 2.62. The first-order valence-corrected chi connectivity index (χ1v) is 8.90. The van der Waals surface area contributed by atoms with E-state index in [0.29, 0.717) is 11.5 Å². The quantitative estimate of drug-likeness (QED) is 0.835. The number of carbonyl (C=O) groups is 1. The highest BCUT2D eigenvalue weighted by Gasteiger charge is 2.60. The molecule has 1 aliphatic heterocycles. The second kappa shape index (κ2) is 4.97. The van der Waals surface area contributed by atoms with E-state index in [1.807, 2.05) is 0 Å². The third kappa shape index (κ3) is 2.23. The molecule has 21 heavy (non-hydrogen) atoms. The molecule has 4 atom stereocenters. The lowest BCUT2D eigenvalue weighted by molar-refractivity contribution is -0.130. The van der Waals surface area contributed by atoms with Crippen molar-refractivity contribution in [1.29, 1.82) is 0 Å². The number of fused-ring (bicyclic) bond motifs is 2. The van der Waals surface area contributed by atoms with Gasteiger partial charge in [-0.15, -0.1) is 0 Å². The molecule has 0 spiro atoms. The van der Waals surface area contributed by atoms with Crippen LogP contribution in [0.5, 0.6) is 0 Å². The number of amides is 1. The molecule has 0 aromatic carbocycles. The lowest BCUT2D eigenvalue weighted by atomic mass is 9.68. The average Bonchev–Trinajstić information content (AvgIpc) is 3.07. The van der Waals surface area contributed by atoms with Crippen LogP contribution in [-0.4, -0.2) is 24.0 Å². The van der Waals surface area contributed by atoms with E-state index in [0.717, 1.165) is 38.1 Å². The second-order valence-corrected chi connectivity index (χ2v) is 8.68. The van der Waals surface area contributed by atoms with Gasteiger partial charge in [-0.25, -0.2) is 0 Å². The molecule has 3 nitrogen and oxygen atoms in total. The number of carbonyl (C=O) groups excluding carboxylic acids is 1. The van der Waals surface area contributed by atoms with Gasteiger partial charge in [0, 0.05) is 6.04 Å². The van der Waals surface area contributed by atoms with Gasteiger partial charge in [0.2, 0.25) is 5.91 Å². The zero-order valence-corrected chi connectivity index (χ0v) is 14.2. The first kappa shape index (κ1) is 15.3. The van der Waals surface area contributed by atoms with Crippen LogP contribution in [0.4, 0.5) is 0 Å². The van der Waals surface area contributed by atoms with Gasteiger partial charge in [-0.2, -0.15) is 0 Å². The summed E-state index contributed by atoms with van der Waals surface area (Å²) in [6.07, 6.45) is 8.06. The Kier molecular flexibility index (Phi) is 3.63. The van der Waals surface area contributed by atoms with Crippen molar-refractivity contribution in [1.82, 2.24) is 10.6 Å². The molecule has 3 heteroatoms. The number of nitrogens with one attached hydrogen (secondary N) is 2. The summed E-state index contributed by atoms with van der Waals surface area (Å²) in [4.78, 5) is 13.0. The monoisotopic (exact) mass is 292 g/mol. The molecule has 2 saturated carbocycles. The standard InChI is InChI=1S/C18H32N2O/c1-5-8-18(9-6-11-19-18)15(21)20-14-16(2,3)13-7-10-17(14,4)12-13/h13-14,19H,5-12H2,1-4H3,(H,20,21). The molecule has 1 heterocycles. The van der Waals surface area contributed by atoms with Crippen LogP contribution in [0.2, 0.25) is 0 Å². The molecule has 1 amide bonds. The second-order valence-electron chi connectivity index (χ2n) is 8.68. The smallest absolute Gasteiger partial charge is 0.240 e. The van der Waals surface area contributed by atoms with Gasteiger partial charge in [0.05, 0.1) is 5.54 Å². The normalized spacial score (nSPS) is 44.2.